The molecule has 1 unspecified atom stereocenters. The van der Waals surface area contributed by atoms with Gasteiger partial charge in [0.1, 0.15) is 22.5 Å². The number of halogens is 1. The van der Waals surface area contributed by atoms with Crippen molar-refractivity contribution in [2.24, 2.45) is 11.8 Å². The summed E-state index contributed by atoms with van der Waals surface area (Å²) in [5, 5.41) is 14.6. The van der Waals surface area contributed by atoms with Gasteiger partial charge in [-0.2, -0.15) is 0 Å². The first kappa shape index (κ1) is 36.0. The molecule has 14 heteroatoms. The maximum absolute atomic E-state index is 13.5. The Bertz CT molecular complexity index is 1520. The maximum atomic E-state index is 13.5. The molecular formula is C33H44ClN7O5S. The monoisotopic (exact) mass is 685 g/mol. The second-order valence-electron chi connectivity index (χ2n) is 12.3. The Morgan fingerprint density at radius 2 is 1.83 bits per heavy atom. The molecule has 4 heterocycles. The fraction of sp³-hybridized carbons (Fsp3) is 0.515. The van der Waals surface area contributed by atoms with E-state index in [-0.39, 0.29) is 72.2 Å². The van der Waals surface area contributed by atoms with Gasteiger partial charge in [-0.1, -0.05) is 44.2 Å². The molecule has 5 rings (SSSR count). The molecule has 47 heavy (non-hydrogen) atoms. The van der Waals surface area contributed by atoms with Crippen molar-refractivity contribution < 1.29 is 23.6 Å². The van der Waals surface area contributed by atoms with E-state index in [0.29, 0.717) is 43.2 Å². The van der Waals surface area contributed by atoms with E-state index < -0.39 is 18.0 Å². The second-order valence-corrected chi connectivity index (χ2v) is 13.2. The fourth-order valence-corrected chi connectivity index (χ4v) is 6.85. The molecule has 2 aliphatic rings. The van der Waals surface area contributed by atoms with E-state index in [2.05, 4.69) is 31.2 Å². The van der Waals surface area contributed by atoms with Crippen molar-refractivity contribution in [2.75, 3.05) is 32.7 Å². The smallest absolute Gasteiger partial charge is 0.274 e. The lowest BCUT2D eigenvalue weighted by atomic mass is 9.98. The molecule has 1 saturated heterocycles. The molecular weight excluding hydrogens is 642 g/mol. The average Bonchev–Trinajstić information content (AvgIpc) is 3.70. The van der Waals surface area contributed by atoms with Crippen LogP contribution in [0.1, 0.15) is 94.8 Å². The molecule has 3 atom stereocenters. The minimum absolute atomic E-state index is 0. The van der Waals surface area contributed by atoms with Crippen LogP contribution in [0.25, 0.3) is 0 Å². The molecule has 1 fully saturated rings. The van der Waals surface area contributed by atoms with Gasteiger partial charge in [-0.25, -0.2) is 9.97 Å². The van der Waals surface area contributed by atoms with Crippen molar-refractivity contribution in [1.29, 1.82) is 0 Å². The standard InChI is InChI=1S/C33H43N7O5S.ClH/c1-20(2)27-32-37-25(19-46-32)29(42)35-14-16-40(33(44)23-11-7-13-34-18-23)15-8-12-26(41)36-24(17-22-9-5-4-6-10-22)31-39-28(21(3)45-31)30(43)38-27;/h4-6,9-10,19-20,23-24,27,34H,7-8,11-18H2,1-3H3,(H,35,42)(H,36,41)(H,38,43);1H/t23-,24-,27?;/m0./s1. The third-order valence-electron chi connectivity index (χ3n) is 8.38. The number of benzene rings is 1. The number of aromatic nitrogens is 2. The maximum Gasteiger partial charge on any atom is 0.274 e. The van der Waals surface area contributed by atoms with Crippen molar-refractivity contribution in [3.05, 3.63) is 69.3 Å². The molecule has 3 aromatic rings. The Hall–Kier alpha value is -3.81. The minimum Gasteiger partial charge on any atom is -0.443 e. The lowest BCUT2D eigenvalue weighted by Gasteiger charge is -2.30. The first-order valence-electron chi connectivity index (χ1n) is 16.0. The van der Waals surface area contributed by atoms with Crippen molar-refractivity contribution in [3.63, 3.8) is 0 Å². The van der Waals surface area contributed by atoms with Crippen LogP contribution < -0.4 is 21.3 Å². The summed E-state index contributed by atoms with van der Waals surface area (Å²) in [7, 11) is 0. The summed E-state index contributed by atoms with van der Waals surface area (Å²) in [5.74, 6) is -0.553. The number of piperidine rings is 1. The van der Waals surface area contributed by atoms with Gasteiger partial charge in [-0.3, -0.25) is 19.2 Å². The molecule has 1 aromatic carbocycles. The van der Waals surface area contributed by atoms with Crippen molar-refractivity contribution >= 4 is 47.4 Å². The van der Waals surface area contributed by atoms with Crippen LogP contribution in [0.3, 0.4) is 0 Å². The molecule has 2 aromatic heterocycles. The molecule has 0 radical (unpaired) electrons. The fourth-order valence-electron chi connectivity index (χ4n) is 5.83. The quantitative estimate of drug-likeness (QED) is 0.323. The lowest BCUT2D eigenvalue weighted by molar-refractivity contribution is -0.136. The third kappa shape index (κ3) is 9.39. The minimum atomic E-state index is -0.607. The van der Waals surface area contributed by atoms with Crippen LogP contribution >= 0.6 is 23.7 Å². The van der Waals surface area contributed by atoms with Gasteiger partial charge in [-0.15, -0.1) is 23.7 Å². The van der Waals surface area contributed by atoms with Gasteiger partial charge >= 0.3 is 0 Å². The Kier molecular flexibility index (Phi) is 12.9. The number of amides is 4. The van der Waals surface area contributed by atoms with E-state index in [1.54, 1.807) is 17.2 Å². The van der Waals surface area contributed by atoms with Crippen LogP contribution in [0.2, 0.25) is 0 Å². The largest absolute Gasteiger partial charge is 0.443 e. The zero-order valence-corrected chi connectivity index (χ0v) is 28.7. The van der Waals surface area contributed by atoms with Crippen molar-refractivity contribution in [2.45, 2.75) is 65.0 Å². The number of hydrogen-bond donors (Lipinski definition) is 4. The molecule has 2 aliphatic heterocycles. The summed E-state index contributed by atoms with van der Waals surface area (Å²) in [4.78, 5) is 64.2. The number of nitrogens with one attached hydrogen (secondary N) is 4. The molecule has 4 amide bonds. The summed E-state index contributed by atoms with van der Waals surface area (Å²) in [6.07, 6.45) is 2.77. The first-order valence-corrected chi connectivity index (χ1v) is 16.9. The summed E-state index contributed by atoms with van der Waals surface area (Å²) in [5.41, 5.74) is 1.36. The lowest BCUT2D eigenvalue weighted by Crippen LogP contribution is -2.46. The highest BCUT2D eigenvalue weighted by Crippen LogP contribution is 2.27. The number of rotatable bonds is 4. The number of hydrogen-bond acceptors (Lipinski definition) is 9. The van der Waals surface area contributed by atoms with Crippen LogP contribution in [0, 0.1) is 18.8 Å². The number of carbonyl (C=O) groups is 4. The van der Waals surface area contributed by atoms with Gasteiger partial charge in [0.05, 0.1) is 12.0 Å². The van der Waals surface area contributed by atoms with Gasteiger partial charge in [-0.05, 0) is 44.2 Å². The predicted octanol–water partition coefficient (Wildman–Crippen LogP) is 3.74. The van der Waals surface area contributed by atoms with E-state index in [4.69, 9.17) is 4.42 Å². The van der Waals surface area contributed by atoms with Gasteiger partial charge in [0, 0.05) is 44.4 Å². The van der Waals surface area contributed by atoms with Crippen molar-refractivity contribution in [3.8, 4) is 0 Å². The van der Waals surface area contributed by atoms with E-state index in [9.17, 15) is 19.2 Å². The predicted molar refractivity (Wildman–Crippen MR) is 180 cm³/mol. The highest BCUT2D eigenvalue weighted by atomic mass is 35.5. The average molecular weight is 686 g/mol. The zero-order valence-electron chi connectivity index (χ0n) is 27.0. The molecule has 12 nitrogen and oxygen atoms in total. The summed E-state index contributed by atoms with van der Waals surface area (Å²) < 4.78 is 6.01. The summed E-state index contributed by atoms with van der Waals surface area (Å²) in [6, 6.07) is 8.62. The Balaban J connectivity index is 0.00000500. The SMILES string of the molecule is Cc1oc2nc1C(=O)NC(C(C)C)c1nc(cs1)C(=O)NCCN(C(=O)[C@H]1CCCNC1)CCCC(=O)N[C@H]2Cc1ccccc1.Cl. The highest BCUT2D eigenvalue weighted by molar-refractivity contribution is 7.09. The zero-order chi connectivity index (χ0) is 32.6. The van der Waals surface area contributed by atoms with E-state index >= 15 is 0 Å². The van der Waals surface area contributed by atoms with Crippen LogP contribution in [0.15, 0.2) is 40.1 Å². The van der Waals surface area contributed by atoms with E-state index in [0.717, 1.165) is 24.9 Å². The molecule has 254 valence electrons. The number of fused-ring (bicyclic) bond motifs is 4. The molecule has 0 saturated carbocycles. The Labute approximate surface area is 285 Å². The second kappa shape index (κ2) is 16.8. The van der Waals surface area contributed by atoms with E-state index in [1.165, 1.54) is 11.3 Å². The summed E-state index contributed by atoms with van der Waals surface area (Å²) >= 11 is 1.30. The molecule has 4 bridgehead atoms. The molecule has 4 N–H and O–H groups in total. The van der Waals surface area contributed by atoms with Gasteiger partial charge in [0.15, 0.2) is 5.69 Å². The van der Waals surface area contributed by atoms with Crippen LogP contribution in [-0.4, -0.2) is 71.2 Å². The summed E-state index contributed by atoms with van der Waals surface area (Å²) in [6.45, 7) is 8.06. The topological polar surface area (TPSA) is 159 Å². The number of carbonyl (C=O) groups excluding carboxylic acids is 4. The van der Waals surface area contributed by atoms with Gasteiger partial charge < -0.3 is 30.6 Å². The number of oxazole rings is 1. The Morgan fingerprint density at radius 1 is 1.04 bits per heavy atom. The van der Waals surface area contributed by atoms with Crippen molar-refractivity contribution in [1.82, 2.24) is 36.1 Å². The highest BCUT2D eigenvalue weighted by Gasteiger charge is 2.30. The third-order valence-corrected chi connectivity index (χ3v) is 9.30. The first-order chi connectivity index (χ1) is 22.2. The number of nitrogens with zero attached hydrogens (tertiary/aromatic N) is 3. The number of aryl methyl sites for hydroxylation is 1. The molecule has 0 spiro atoms. The van der Waals surface area contributed by atoms with Gasteiger partial charge in [0.2, 0.25) is 17.7 Å². The molecule has 0 aliphatic carbocycles. The normalized spacial score (nSPS) is 21.7. The van der Waals surface area contributed by atoms with Crippen LogP contribution in [-0.2, 0) is 16.0 Å². The van der Waals surface area contributed by atoms with Crippen LogP contribution in [0.4, 0.5) is 0 Å². The van der Waals surface area contributed by atoms with Crippen LogP contribution in [0.5, 0.6) is 0 Å². The van der Waals surface area contributed by atoms with E-state index in [1.807, 2.05) is 44.2 Å². The Morgan fingerprint density at radius 3 is 2.55 bits per heavy atom. The number of thiazole rings is 1. The van der Waals surface area contributed by atoms with Gasteiger partial charge in [0.25, 0.3) is 11.8 Å².